The molecular formula is C11H18Cd2N2O8. The van der Waals surface area contributed by atoms with Crippen molar-refractivity contribution < 1.29 is 94.2 Å². The van der Waals surface area contributed by atoms with Crippen LogP contribution in [0.15, 0.2) is 0 Å². The molecule has 0 aromatic rings. The fraction of sp³-hybridized carbons (Fsp3) is 0.636. The van der Waals surface area contributed by atoms with E-state index in [1.807, 2.05) is 0 Å². The van der Waals surface area contributed by atoms with Crippen molar-refractivity contribution in [2.24, 2.45) is 0 Å². The Hall–Kier alpha value is -0.356. The van der Waals surface area contributed by atoms with Crippen molar-refractivity contribution in [1.82, 2.24) is 9.80 Å². The van der Waals surface area contributed by atoms with Gasteiger partial charge in [-0.15, -0.1) is 0 Å². The van der Waals surface area contributed by atoms with E-state index < -0.39 is 50.1 Å². The van der Waals surface area contributed by atoms with Gasteiger partial charge in [-0.3, -0.25) is 29.0 Å². The second-order valence-electron chi connectivity index (χ2n) is 4.35. The standard InChI is InChI=1S/C11H18N2O8.2Cd/c14-8(15)4-12(5-9(16)17)2-1-3-13(6-10(18)19)7-11(20)21;;/h1-7H2,(H,14,15)(H,16,17)(H,18,19)(H,20,21);;. The third-order valence-corrected chi connectivity index (χ3v) is 2.38. The number of carboxylic acid groups (broad SMARTS) is 4. The van der Waals surface area contributed by atoms with Crippen molar-refractivity contribution in [3.8, 4) is 0 Å². The van der Waals surface area contributed by atoms with E-state index >= 15 is 0 Å². The molecule has 0 unspecified atom stereocenters. The minimum Gasteiger partial charge on any atom is -0.480 e. The number of aliphatic carboxylic acids is 4. The molecule has 23 heavy (non-hydrogen) atoms. The Labute approximate surface area is 172 Å². The molecule has 0 amide bonds. The molecule has 0 atom stereocenters. The molecule has 4 N–H and O–H groups in total. The van der Waals surface area contributed by atoms with E-state index in [2.05, 4.69) is 0 Å². The molecule has 0 aliphatic rings. The first-order valence-corrected chi connectivity index (χ1v) is 6.02. The van der Waals surface area contributed by atoms with E-state index in [4.69, 9.17) is 20.4 Å². The summed E-state index contributed by atoms with van der Waals surface area (Å²) < 4.78 is 0. The van der Waals surface area contributed by atoms with Crippen LogP contribution in [0, 0.1) is 0 Å². The molecule has 0 saturated heterocycles. The van der Waals surface area contributed by atoms with Crippen molar-refractivity contribution in [3.05, 3.63) is 0 Å². The normalized spacial score (nSPS) is 9.83. The van der Waals surface area contributed by atoms with Gasteiger partial charge in [0.05, 0.1) is 26.2 Å². The number of hydrogen-bond acceptors (Lipinski definition) is 6. The van der Waals surface area contributed by atoms with E-state index in [1.54, 1.807) is 0 Å². The summed E-state index contributed by atoms with van der Waals surface area (Å²) in [6.07, 6.45) is 0.251. The molecule has 0 aliphatic carbocycles. The van der Waals surface area contributed by atoms with Gasteiger partial charge in [0.25, 0.3) is 0 Å². The van der Waals surface area contributed by atoms with Crippen LogP contribution in [0.1, 0.15) is 6.42 Å². The summed E-state index contributed by atoms with van der Waals surface area (Å²) >= 11 is 0. The first-order valence-electron chi connectivity index (χ1n) is 6.02. The molecule has 124 valence electrons. The van der Waals surface area contributed by atoms with Gasteiger partial charge in [0.2, 0.25) is 0 Å². The van der Waals surface area contributed by atoms with Gasteiger partial charge < -0.3 is 20.4 Å². The third-order valence-electron chi connectivity index (χ3n) is 2.38. The second kappa shape index (κ2) is 15.2. The van der Waals surface area contributed by atoms with Crippen LogP contribution in [0.5, 0.6) is 0 Å². The van der Waals surface area contributed by atoms with Crippen LogP contribution >= 0.6 is 0 Å². The zero-order valence-electron chi connectivity index (χ0n) is 12.7. The van der Waals surface area contributed by atoms with Gasteiger partial charge in [0, 0.05) is 67.7 Å². The van der Waals surface area contributed by atoms with Crippen LogP contribution in [0.3, 0.4) is 0 Å². The number of carboxylic acids is 4. The van der Waals surface area contributed by atoms with Crippen LogP contribution in [0.25, 0.3) is 0 Å². The summed E-state index contributed by atoms with van der Waals surface area (Å²) in [5, 5.41) is 34.6. The molecule has 0 aromatic heterocycles. The van der Waals surface area contributed by atoms with Gasteiger partial charge in [-0.05, 0) is 6.42 Å². The minimum atomic E-state index is -1.18. The van der Waals surface area contributed by atoms with Crippen LogP contribution in [-0.4, -0.2) is 93.4 Å². The summed E-state index contributed by atoms with van der Waals surface area (Å²) in [5.41, 5.74) is 0. The summed E-state index contributed by atoms with van der Waals surface area (Å²) in [7, 11) is 0. The maximum absolute atomic E-state index is 10.6. The molecule has 0 bridgehead atoms. The van der Waals surface area contributed by atoms with E-state index in [0.717, 1.165) is 0 Å². The molecule has 0 heterocycles. The average molecular weight is 531 g/mol. The Morgan fingerprint density at radius 3 is 0.957 bits per heavy atom. The smallest absolute Gasteiger partial charge is 0.317 e. The molecule has 12 heteroatoms. The second-order valence-corrected chi connectivity index (χ2v) is 4.35. The Morgan fingerprint density at radius 1 is 0.565 bits per heavy atom. The van der Waals surface area contributed by atoms with Crippen LogP contribution in [0.2, 0.25) is 0 Å². The molecule has 0 spiro atoms. The van der Waals surface area contributed by atoms with Crippen molar-refractivity contribution in [3.63, 3.8) is 0 Å². The third kappa shape index (κ3) is 17.8. The Balaban J connectivity index is -0.00000200. The van der Waals surface area contributed by atoms with Crippen molar-refractivity contribution in [2.75, 3.05) is 39.3 Å². The molecule has 0 fully saturated rings. The SMILES string of the molecule is O=C(O)CN(CCCN(CC(=O)O)CC(=O)O)CC(=O)O.[Cd].[Cd]. The quantitative estimate of drug-likeness (QED) is 0.215. The van der Waals surface area contributed by atoms with Crippen molar-refractivity contribution in [2.45, 2.75) is 6.42 Å². The first kappa shape index (κ1) is 27.5. The number of rotatable bonds is 12. The molecule has 0 saturated carbocycles. The largest absolute Gasteiger partial charge is 0.480 e. The summed E-state index contributed by atoms with van der Waals surface area (Å²) in [6.45, 7) is -1.61. The Kier molecular flexibility index (Phi) is 18.2. The van der Waals surface area contributed by atoms with E-state index in [-0.39, 0.29) is 74.1 Å². The van der Waals surface area contributed by atoms with Gasteiger partial charge in [0.15, 0.2) is 0 Å². The summed E-state index contributed by atoms with van der Waals surface area (Å²) in [6, 6.07) is 0. The Morgan fingerprint density at radius 2 is 0.783 bits per heavy atom. The van der Waals surface area contributed by atoms with Crippen molar-refractivity contribution in [1.29, 1.82) is 0 Å². The predicted molar refractivity (Wildman–Crippen MR) is 68.0 cm³/mol. The fourth-order valence-electron chi connectivity index (χ4n) is 1.71. The fourth-order valence-corrected chi connectivity index (χ4v) is 1.71. The zero-order chi connectivity index (χ0) is 16.4. The summed E-state index contributed by atoms with van der Waals surface area (Å²) in [4.78, 5) is 44.7. The number of hydrogen-bond donors (Lipinski definition) is 4. The van der Waals surface area contributed by atoms with Crippen LogP contribution in [0.4, 0.5) is 0 Å². The summed E-state index contributed by atoms with van der Waals surface area (Å²) in [5.74, 6) is -4.71. The van der Waals surface area contributed by atoms with E-state index in [9.17, 15) is 19.2 Å². The molecular weight excluding hydrogens is 513 g/mol. The molecule has 0 aliphatic heterocycles. The maximum Gasteiger partial charge on any atom is 0.317 e. The topological polar surface area (TPSA) is 156 Å². The van der Waals surface area contributed by atoms with Gasteiger partial charge in [0.1, 0.15) is 0 Å². The monoisotopic (exact) mass is 534 g/mol. The number of carbonyl (C=O) groups is 4. The van der Waals surface area contributed by atoms with Gasteiger partial charge in [-0.1, -0.05) is 0 Å². The van der Waals surface area contributed by atoms with Crippen LogP contribution in [-0.2, 0) is 73.8 Å². The predicted octanol–water partition coefficient (Wildman–Crippen LogP) is -1.69. The molecule has 0 radical (unpaired) electrons. The van der Waals surface area contributed by atoms with Crippen molar-refractivity contribution >= 4 is 23.9 Å². The molecule has 0 rings (SSSR count). The van der Waals surface area contributed by atoms with Gasteiger partial charge in [-0.25, -0.2) is 0 Å². The minimum absolute atomic E-state index is 0. The number of nitrogens with zero attached hydrogens (tertiary/aromatic N) is 2. The first-order chi connectivity index (χ1) is 9.70. The zero-order valence-corrected chi connectivity index (χ0v) is 20.8. The van der Waals surface area contributed by atoms with Crippen LogP contribution < -0.4 is 0 Å². The molecule has 10 nitrogen and oxygen atoms in total. The van der Waals surface area contributed by atoms with Gasteiger partial charge in [-0.2, -0.15) is 0 Å². The van der Waals surface area contributed by atoms with E-state index in [1.165, 1.54) is 9.80 Å². The average Bonchev–Trinajstić information content (AvgIpc) is 2.24. The van der Waals surface area contributed by atoms with E-state index in [0.29, 0.717) is 0 Å². The van der Waals surface area contributed by atoms with Gasteiger partial charge >= 0.3 is 23.9 Å². The molecule has 0 aromatic carbocycles. The Bertz CT molecular complexity index is 339. The maximum atomic E-state index is 10.6.